The molecular weight excluding hydrogens is 214 g/mol. The molecule has 0 aliphatic heterocycles. The van der Waals surface area contributed by atoms with Gasteiger partial charge in [-0.2, -0.15) is 0 Å². The van der Waals surface area contributed by atoms with Gasteiger partial charge in [0.15, 0.2) is 0 Å². The molecule has 1 atom stereocenters. The van der Waals surface area contributed by atoms with Gasteiger partial charge in [0.1, 0.15) is 5.69 Å². The number of rotatable bonds is 6. The molecule has 0 fully saturated rings. The lowest BCUT2D eigenvalue weighted by Gasteiger charge is -2.18. The molecule has 0 radical (unpaired) electrons. The first-order valence-corrected chi connectivity index (χ1v) is 6.44. The van der Waals surface area contributed by atoms with Crippen molar-refractivity contribution in [1.29, 1.82) is 0 Å². The molecule has 0 aliphatic rings. The summed E-state index contributed by atoms with van der Waals surface area (Å²) in [6.07, 6.45) is 4.36. The third kappa shape index (κ3) is 3.11. The van der Waals surface area contributed by atoms with Crippen molar-refractivity contribution in [1.82, 2.24) is 4.57 Å². The molecule has 3 nitrogen and oxygen atoms in total. The minimum atomic E-state index is -0.243. The van der Waals surface area contributed by atoms with Crippen molar-refractivity contribution in [3.63, 3.8) is 0 Å². The number of hydrogen-bond donors (Lipinski definition) is 0. The Morgan fingerprint density at radius 1 is 1.41 bits per heavy atom. The van der Waals surface area contributed by atoms with Crippen LogP contribution < -0.4 is 0 Å². The van der Waals surface area contributed by atoms with Crippen molar-refractivity contribution in [3.8, 4) is 0 Å². The molecule has 0 saturated heterocycles. The maximum absolute atomic E-state index is 11.7. The van der Waals surface area contributed by atoms with E-state index in [4.69, 9.17) is 4.74 Å². The van der Waals surface area contributed by atoms with Crippen LogP contribution in [0.25, 0.3) is 0 Å². The highest BCUT2D eigenvalue weighted by atomic mass is 16.5. The van der Waals surface area contributed by atoms with Gasteiger partial charge in [0.05, 0.1) is 7.11 Å². The summed E-state index contributed by atoms with van der Waals surface area (Å²) in [5, 5.41) is 0. The number of carbonyl (C=O) groups excluding carboxylic acids is 1. The Labute approximate surface area is 104 Å². The molecular formula is C14H23NO2. The van der Waals surface area contributed by atoms with Crippen LogP contribution in [0.5, 0.6) is 0 Å². The molecule has 0 bridgehead atoms. The number of aryl methyl sites for hydroxylation is 1. The van der Waals surface area contributed by atoms with Gasteiger partial charge in [-0.25, -0.2) is 4.79 Å². The summed E-state index contributed by atoms with van der Waals surface area (Å²) in [7, 11) is 1.43. The highest BCUT2D eigenvalue weighted by molar-refractivity contribution is 5.87. The SMILES string of the molecule is CCCCc1ccc(C(=O)OC)n1[C@H](C)CC. The second-order valence-electron chi connectivity index (χ2n) is 4.43. The van der Waals surface area contributed by atoms with Gasteiger partial charge in [-0.05, 0) is 38.3 Å². The summed E-state index contributed by atoms with van der Waals surface area (Å²) in [6, 6.07) is 4.27. The lowest BCUT2D eigenvalue weighted by molar-refractivity contribution is 0.0585. The Morgan fingerprint density at radius 3 is 2.65 bits per heavy atom. The zero-order valence-electron chi connectivity index (χ0n) is 11.3. The van der Waals surface area contributed by atoms with Gasteiger partial charge in [-0.1, -0.05) is 20.3 Å². The third-order valence-electron chi connectivity index (χ3n) is 3.22. The van der Waals surface area contributed by atoms with Crippen LogP contribution in [0, 0.1) is 0 Å². The van der Waals surface area contributed by atoms with Gasteiger partial charge >= 0.3 is 5.97 Å². The smallest absolute Gasteiger partial charge is 0.354 e. The average Bonchev–Trinajstić information content (AvgIpc) is 2.78. The van der Waals surface area contributed by atoms with Crippen LogP contribution in [0.15, 0.2) is 12.1 Å². The molecule has 96 valence electrons. The quantitative estimate of drug-likeness (QED) is 0.708. The maximum atomic E-state index is 11.7. The van der Waals surface area contributed by atoms with E-state index in [1.165, 1.54) is 19.2 Å². The molecule has 0 aromatic carbocycles. The maximum Gasteiger partial charge on any atom is 0.354 e. The van der Waals surface area contributed by atoms with Gasteiger partial charge in [-0.3, -0.25) is 0 Å². The molecule has 0 saturated carbocycles. The predicted molar refractivity (Wildman–Crippen MR) is 69.4 cm³/mol. The summed E-state index contributed by atoms with van der Waals surface area (Å²) in [5.74, 6) is -0.243. The number of hydrogen-bond acceptors (Lipinski definition) is 2. The van der Waals surface area contributed by atoms with Crippen LogP contribution in [0.4, 0.5) is 0 Å². The fourth-order valence-electron chi connectivity index (χ4n) is 2.03. The van der Waals surface area contributed by atoms with E-state index in [1.54, 1.807) is 0 Å². The first-order chi connectivity index (χ1) is 8.15. The Bertz CT molecular complexity index is 368. The van der Waals surface area contributed by atoms with E-state index in [-0.39, 0.29) is 5.97 Å². The van der Waals surface area contributed by atoms with Crippen LogP contribution in [-0.2, 0) is 11.2 Å². The van der Waals surface area contributed by atoms with Crippen LogP contribution in [-0.4, -0.2) is 17.6 Å². The van der Waals surface area contributed by atoms with Crippen LogP contribution in [0.3, 0.4) is 0 Å². The summed E-state index contributed by atoms with van der Waals surface area (Å²) < 4.78 is 6.96. The highest BCUT2D eigenvalue weighted by Gasteiger charge is 2.18. The molecule has 0 amide bonds. The fraction of sp³-hybridized carbons (Fsp3) is 0.643. The van der Waals surface area contributed by atoms with Gasteiger partial charge in [0.25, 0.3) is 0 Å². The van der Waals surface area contributed by atoms with Crippen molar-refractivity contribution in [2.45, 2.75) is 52.5 Å². The second kappa shape index (κ2) is 6.48. The minimum Gasteiger partial charge on any atom is -0.464 e. The summed E-state index contributed by atoms with van der Waals surface area (Å²) in [4.78, 5) is 11.7. The lowest BCUT2D eigenvalue weighted by atomic mass is 10.2. The van der Waals surface area contributed by atoms with Crippen molar-refractivity contribution < 1.29 is 9.53 Å². The van der Waals surface area contributed by atoms with E-state index < -0.39 is 0 Å². The largest absolute Gasteiger partial charge is 0.464 e. The zero-order valence-corrected chi connectivity index (χ0v) is 11.3. The van der Waals surface area contributed by atoms with E-state index in [0.717, 1.165) is 19.3 Å². The van der Waals surface area contributed by atoms with E-state index in [2.05, 4.69) is 25.3 Å². The number of aromatic nitrogens is 1. The fourth-order valence-corrected chi connectivity index (χ4v) is 2.03. The zero-order chi connectivity index (χ0) is 12.8. The number of methoxy groups -OCH3 is 1. The van der Waals surface area contributed by atoms with E-state index in [9.17, 15) is 4.79 Å². The average molecular weight is 237 g/mol. The molecule has 1 aromatic rings. The Hall–Kier alpha value is -1.25. The van der Waals surface area contributed by atoms with Crippen LogP contribution in [0.1, 0.15) is 62.3 Å². The monoisotopic (exact) mass is 237 g/mol. The lowest BCUT2D eigenvalue weighted by Crippen LogP contribution is -2.16. The van der Waals surface area contributed by atoms with E-state index in [1.807, 2.05) is 12.1 Å². The molecule has 17 heavy (non-hydrogen) atoms. The van der Waals surface area contributed by atoms with E-state index >= 15 is 0 Å². The Kier molecular flexibility index (Phi) is 5.26. The van der Waals surface area contributed by atoms with Crippen molar-refractivity contribution >= 4 is 5.97 Å². The number of unbranched alkanes of at least 4 members (excludes halogenated alkanes) is 1. The molecule has 1 heterocycles. The summed E-state index contributed by atoms with van der Waals surface area (Å²) in [6.45, 7) is 6.45. The summed E-state index contributed by atoms with van der Waals surface area (Å²) in [5.41, 5.74) is 1.91. The Morgan fingerprint density at radius 2 is 2.12 bits per heavy atom. The molecule has 3 heteroatoms. The Balaban J connectivity index is 3.05. The molecule has 0 N–H and O–H groups in total. The standard InChI is InChI=1S/C14H23NO2/c1-5-7-8-12-9-10-13(14(16)17-4)15(12)11(3)6-2/h9-11H,5-8H2,1-4H3/t11-/m1/s1. The van der Waals surface area contributed by atoms with Crippen LogP contribution in [0.2, 0.25) is 0 Å². The molecule has 1 rings (SSSR count). The number of esters is 1. The first-order valence-electron chi connectivity index (χ1n) is 6.44. The number of ether oxygens (including phenoxy) is 1. The topological polar surface area (TPSA) is 31.2 Å². The first kappa shape index (κ1) is 13.8. The van der Waals surface area contributed by atoms with Crippen LogP contribution >= 0.6 is 0 Å². The second-order valence-corrected chi connectivity index (χ2v) is 4.43. The highest BCUT2D eigenvalue weighted by Crippen LogP contribution is 2.21. The normalized spacial score (nSPS) is 12.5. The third-order valence-corrected chi connectivity index (χ3v) is 3.22. The molecule has 0 aliphatic carbocycles. The molecule has 0 spiro atoms. The van der Waals surface area contributed by atoms with Gasteiger partial charge < -0.3 is 9.30 Å². The van der Waals surface area contributed by atoms with E-state index in [0.29, 0.717) is 11.7 Å². The number of nitrogens with zero attached hydrogens (tertiary/aromatic N) is 1. The van der Waals surface area contributed by atoms with Gasteiger partial charge in [0.2, 0.25) is 0 Å². The predicted octanol–water partition coefficient (Wildman–Crippen LogP) is 3.59. The minimum absolute atomic E-state index is 0.243. The van der Waals surface area contributed by atoms with Crippen molar-refractivity contribution in [3.05, 3.63) is 23.5 Å². The van der Waals surface area contributed by atoms with Gasteiger partial charge in [-0.15, -0.1) is 0 Å². The van der Waals surface area contributed by atoms with Crippen molar-refractivity contribution in [2.75, 3.05) is 7.11 Å². The number of carbonyl (C=O) groups is 1. The summed E-state index contributed by atoms with van der Waals surface area (Å²) >= 11 is 0. The van der Waals surface area contributed by atoms with Gasteiger partial charge in [0, 0.05) is 11.7 Å². The van der Waals surface area contributed by atoms with Crippen molar-refractivity contribution in [2.24, 2.45) is 0 Å². The molecule has 0 unspecified atom stereocenters. The molecule has 1 aromatic heterocycles.